The average Bonchev–Trinajstić information content (AvgIpc) is 2.18. The highest BCUT2D eigenvalue weighted by molar-refractivity contribution is 5.15. The number of aliphatic hydroxyl groups is 1. The zero-order valence-electron chi connectivity index (χ0n) is 7.78. The second-order valence-corrected chi connectivity index (χ2v) is 3.39. The van der Waals surface area contributed by atoms with Gasteiger partial charge in [0.25, 0.3) is 0 Å². The lowest BCUT2D eigenvalue weighted by molar-refractivity contribution is 0.0885. The van der Waals surface area contributed by atoms with Crippen LogP contribution in [0.1, 0.15) is 12.5 Å². The number of aliphatic hydroxyl groups excluding tert-OH is 1. The Bertz CT molecular complexity index is 235. The van der Waals surface area contributed by atoms with Crippen LogP contribution in [0, 0.1) is 5.92 Å². The lowest BCUT2D eigenvalue weighted by atomic mass is 9.97. The summed E-state index contributed by atoms with van der Waals surface area (Å²) < 4.78 is 12.1. The second-order valence-electron chi connectivity index (χ2n) is 3.39. The molecule has 1 N–H and O–H groups in total. The molecule has 0 fully saturated rings. The summed E-state index contributed by atoms with van der Waals surface area (Å²) in [6.45, 7) is 1.20. The third kappa shape index (κ3) is 3.15. The predicted molar refractivity (Wildman–Crippen MR) is 51.3 cm³/mol. The Morgan fingerprint density at radius 2 is 1.92 bits per heavy atom. The van der Waals surface area contributed by atoms with Gasteiger partial charge in [-0.15, -0.1) is 0 Å². The highest BCUT2D eigenvalue weighted by Crippen LogP contribution is 2.12. The molecule has 1 nitrogen and oxygen atoms in total. The first kappa shape index (κ1) is 10.2. The summed E-state index contributed by atoms with van der Waals surface area (Å²) in [6.07, 6.45) is -0.105. The minimum absolute atomic E-state index is 0.0209. The van der Waals surface area contributed by atoms with E-state index in [9.17, 15) is 9.50 Å². The van der Waals surface area contributed by atoms with Crippen molar-refractivity contribution in [1.29, 1.82) is 0 Å². The van der Waals surface area contributed by atoms with Gasteiger partial charge in [0, 0.05) is 0 Å². The van der Waals surface area contributed by atoms with Crippen LogP contribution in [0.25, 0.3) is 0 Å². The maximum Gasteiger partial charge on any atom is 0.116 e. The molecule has 13 heavy (non-hydrogen) atoms. The van der Waals surface area contributed by atoms with E-state index in [2.05, 4.69) is 0 Å². The number of rotatable bonds is 4. The van der Waals surface area contributed by atoms with Gasteiger partial charge in [-0.1, -0.05) is 37.3 Å². The van der Waals surface area contributed by atoms with E-state index < -0.39 is 12.8 Å². The summed E-state index contributed by atoms with van der Waals surface area (Å²) in [5.74, 6) is -0.0209. The summed E-state index contributed by atoms with van der Waals surface area (Å²) in [7, 11) is 0. The standard InChI is InChI=1S/C11H15FO/c1-9(11(13)8-12)7-10-5-3-2-4-6-10/h2-6,9,11,13H,7-8H2,1H3. The molecule has 0 saturated heterocycles. The Labute approximate surface area is 78.2 Å². The van der Waals surface area contributed by atoms with Crippen LogP contribution < -0.4 is 0 Å². The first-order valence-corrected chi connectivity index (χ1v) is 4.52. The molecule has 1 aromatic rings. The summed E-state index contributed by atoms with van der Waals surface area (Å²) in [5.41, 5.74) is 1.14. The van der Waals surface area contributed by atoms with Crippen molar-refractivity contribution >= 4 is 0 Å². The van der Waals surface area contributed by atoms with Crippen LogP contribution in [-0.2, 0) is 6.42 Å². The van der Waals surface area contributed by atoms with Gasteiger partial charge >= 0.3 is 0 Å². The van der Waals surface area contributed by atoms with E-state index in [-0.39, 0.29) is 5.92 Å². The zero-order valence-corrected chi connectivity index (χ0v) is 7.78. The van der Waals surface area contributed by atoms with Crippen LogP contribution in [0.15, 0.2) is 30.3 Å². The number of hydrogen-bond donors (Lipinski definition) is 1. The molecular weight excluding hydrogens is 167 g/mol. The highest BCUT2D eigenvalue weighted by atomic mass is 19.1. The third-order valence-electron chi connectivity index (χ3n) is 2.22. The Morgan fingerprint density at radius 3 is 2.46 bits per heavy atom. The maximum absolute atomic E-state index is 12.1. The molecule has 2 heteroatoms. The lowest BCUT2D eigenvalue weighted by Gasteiger charge is -2.15. The van der Waals surface area contributed by atoms with Gasteiger partial charge < -0.3 is 5.11 Å². The molecule has 0 aliphatic rings. The molecule has 0 aromatic heterocycles. The summed E-state index contributed by atoms with van der Waals surface area (Å²) in [6, 6.07) is 9.82. The van der Waals surface area contributed by atoms with Gasteiger partial charge in [-0.3, -0.25) is 0 Å². The van der Waals surface area contributed by atoms with Gasteiger partial charge in [-0.25, -0.2) is 4.39 Å². The lowest BCUT2D eigenvalue weighted by Crippen LogP contribution is -2.21. The van der Waals surface area contributed by atoms with Gasteiger partial charge in [0.05, 0.1) is 6.10 Å². The van der Waals surface area contributed by atoms with E-state index in [1.54, 1.807) is 0 Å². The van der Waals surface area contributed by atoms with E-state index >= 15 is 0 Å². The molecule has 72 valence electrons. The SMILES string of the molecule is CC(Cc1ccccc1)C(O)CF. The average molecular weight is 182 g/mol. The smallest absolute Gasteiger partial charge is 0.116 e. The number of benzene rings is 1. The molecule has 0 radical (unpaired) electrons. The fourth-order valence-electron chi connectivity index (χ4n) is 1.27. The van der Waals surface area contributed by atoms with Crippen molar-refractivity contribution in [1.82, 2.24) is 0 Å². The largest absolute Gasteiger partial charge is 0.390 e. The van der Waals surface area contributed by atoms with Gasteiger partial charge in [-0.2, -0.15) is 0 Å². The monoisotopic (exact) mass is 182 g/mol. The summed E-state index contributed by atoms with van der Waals surface area (Å²) >= 11 is 0. The molecule has 2 atom stereocenters. The number of hydrogen-bond acceptors (Lipinski definition) is 1. The van der Waals surface area contributed by atoms with Crippen molar-refractivity contribution in [3.8, 4) is 0 Å². The van der Waals surface area contributed by atoms with Gasteiger partial charge in [0.15, 0.2) is 0 Å². The molecule has 1 rings (SSSR count). The molecule has 0 aliphatic heterocycles. The van der Waals surface area contributed by atoms with Crippen molar-refractivity contribution < 1.29 is 9.50 Å². The Morgan fingerprint density at radius 1 is 1.31 bits per heavy atom. The fourth-order valence-corrected chi connectivity index (χ4v) is 1.27. The normalized spacial score (nSPS) is 15.3. The molecule has 0 heterocycles. The number of alkyl halides is 1. The van der Waals surface area contributed by atoms with Crippen molar-refractivity contribution in [2.24, 2.45) is 5.92 Å². The maximum atomic E-state index is 12.1. The second kappa shape index (κ2) is 4.97. The minimum Gasteiger partial charge on any atom is -0.390 e. The molecule has 0 spiro atoms. The van der Waals surface area contributed by atoms with Crippen LogP contribution in [0.3, 0.4) is 0 Å². The highest BCUT2D eigenvalue weighted by Gasteiger charge is 2.13. The van der Waals surface area contributed by atoms with Crippen molar-refractivity contribution in [3.63, 3.8) is 0 Å². The minimum atomic E-state index is -0.833. The van der Waals surface area contributed by atoms with Gasteiger partial charge in [0.2, 0.25) is 0 Å². The first-order valence-electron chi connectivity index (χ1n) is 4.52. The molecular formula is C11H15FO. The van der Waals surface area contributed by atoms with E-state index in [4.69, 9.17) is 0 Å². The van der Waals surface area contributed by atoms with Crippen LogP contribution in [0.2, 0.25) is 0 Å². The van der Waals surface area contributed by atoms with E-state index in [0.29, 0.717) is 0 Å². The van der Waals surface area contributed by atoms with Gasteiger partial charge in [0.1, 0.15) is 6.67 Å². The molecule has 0 amide bonds. The molecule has 0 bridgehead atoms. The topological polar surface area (TPSA) is 20.2 Å². The summed E-state index contributed by atoms with van der Waals surface area (Å²) in [4.78, 5) is 0. The Kier molecular flexibility index (Phi) is 3.90. The first-order chi connectivity index (χ1) is 6.24. The quantitative estimate of drug-likeness (QED) is 0.756. The van der Waals surface area contributed by atoms with Crippen molar-refractivity contribution in [2.45, 2.75) is 19.4 Å². The molecule has 0 aliphatic carbocycles. The Balaban J connectivity index is 2.50. The Hall–Kier alpha value is -0.890. The molecule has 2 unspecified atom stereocenters. The fraction of sp³-hybridized carbons (Fsp3) is 0.455. The van der Waals surface area contributed by atoms with Crippen LogP contribution in [0.5, 0.6) is 0 Å². The van der Waals surface area contributed by atoms with Crippen LogP contribution in [0.4, 0.5) is 4.39 Å². The van der Waals surface area contributed by atoms with Gasteiger partial charge in [-0.05, 0) is 17.9 Å². The summed E-state index contributed by atoms with van der Waals surface area (Å²) in [5, 5.41) is 9.21. The van der Waals surface area contributed by atoms with E-state index in [1.807, 2.05) is 37.3 Å². The predicted octanol–water partition coefficient (Wildman–Crippen LogP) is 2.20. The zero-order chi connectivity index (χ0) is 9.68. The van der Waals surface area contributed by atoms with Crippen molar-refractivity contribution in [3.05, 3.63) is 35.9 Å². The van der Waals surface area contributed by atoms with E-state index in [0.717, 1.165) is 12.0 Å². The van der Waals surface area contributed by atoms with Crippen molar-refractivity contribution in [2.75, 3.05) is 6.67 Å². The third-order valence-corrected chi connectivity index (χ3v) is 2.22. The van der Waals surface area contributed by atoms with Crippen LogP contribution >= 0.6 is 0 Å². The molecule has 1 aromatic carbocycles. The number of halogens is 1. The molecule has 0 saturated carbocycles. The van der Waals surface area contributed by atoms with E-state index in [1.165, 1.54) is 0 Å². The van der Waals surface area contributed by atoms with Crippen LogP contribution in [-0.4, -0.2) is 17.9 Å².